The lowest BCUT2D eigenvalue weighted by Crippen LogP contribution is -2.04. The zero-order chi connectivity index (χ0) is 22.4. The summed E-state index contributed by atoms with van der Waals surface area (Å²) in [4.78, 5) is 29.1. The van der Waals surface area contributed by atoms with Gasteiger partial charge in [-0.05, 0) is 24.3 Å². The number of H-pyrrole nitrogens is 1. The molecule has 0 amide bonds. The summed E-state index contributed by atoms with van der Waals surface area (Å²) in [6.07, 6.45) is 5.31. The molecule has 10 heteroatoms. The number of rotatable bonds is 5. The number of imidazole rings is 1. The van der Waals surface area contributed by atoms with E-state index in [1.54, 1.807) is 19.2 Å². The molecule has 8 nitrogen and oxygen atoms in total. The molecule has 0 spiro atoms. The Morgan fingerprint density at radius 3 is 2.58 bits per heavy atom. The van der Waals surface area contributed by atoms with Gasteiger partial charge in [-0.3, -0.25) is 0 Å². The van der Waals surface area contributed by atoms with Crippen molar-refractivity contribution in [1.82, 2.24) is 24.9 Å². The number of anilines is 3. The van der Waals surface area contributed by atoms with Gasteiger partial charge in [-0.2, -0.15) is 0 Å². The summed E-state index contributed by atoms with van der Waals surface area (Å²) in [6.45, 7) is 3.71. The molecule has 0 unspecified atom stereocenters. The number of aromatic nitrogens is 5. The number of pyridine rings is 1. The van der Waals surface area contributed by atoms with Crippen LogP contribution in [0.1, 0.15) is 13.8 Å². The van der Waals surface area contributed by atoms with Crippen LogP contribution in [-0.2, 0) is 4.79 Å². The van der Waals surface area contributed by atoms with Gasteiger partial charge in [0.25, 0.3) is 0 Å². The largest absolute Gasteiger partial charge is 0.386 e. The first-order valence-corrected chi connectivity index (χ1v) is 9.43. The molecule has 0 saturated heterocycles. The molecule has 0 fully saturated rings. The highest BCUT2D eigenvalue weighted by Gasteiger charge is 2.18. The Morgan fingerprint density at radius 1 is 1.10 bits per heavy atom. The van der Waals surface area contributed by atoms with E-state index < -0.39 is 11.6 Å². The zero-order valence-corrected chi connectivity index (χ0v) is 17.1. The summed E-state index contributed by atoms with van der Waals surface area (Å²) in [5, 5.41) is 5.42. The molecule has 0 atom stereocenters. The molecule has 160 valence electrons. The highest BCUT2D eigenvalue weighted by atomic mass is 19.1. The van der Waals surface area contributed by atoms with Gasteiger partial charge in [0.2, 0.25) is 0 Å². The first-order valence-electron chi connectivity index (χ1n) is 9.43. The van der Waals surface area contributed by atoms with E-state index in [1.807, 2.05) is 13.8 Å². The van der Waals surface area contributed by atoms with Crippen LogP contribution in [0.4, 0.5) is 26.0 Å². The number of fused-ring (bicyclic) bond motifs is 1. The molecule has 4 rings (SSSR count). The molecule has 31 heavy (non-hydrogen) atoms. The van der Waals surface area contributed by atoms with Crippen LogP contribution in [-0.4, -0.2) is 38.3 Å². The number of aromatic amines is 1. The molecule has 0 aliphatic carbocycles. The van der Waals surface area contributed by atoms with Crippen molar-refractivity contribution in [2.45, 2.75) is 13.8 Å². The van der Waals surface area contributed by atoms with Gasteiger partial charge < -0.3 is 20.4 Å². The fourth-order valence-corrected chi connectivity index (χ4v) is 2.64. The van der Waals surface area contributed by atoms with Crippen molar-refractivity contribution in [1.29, 1.82) is 0 Å². The molecule has 3 aromatic heterocycles. The Hall–Kier alpha value is -3.95. The number of carbonyl (C=O) groups excluding carboxylic acids is 1. The first kappa shape index (κ1) is 21.8. The second-order valence-electron chi connectivity index (χ2n) is 6.76. The van der Waals surface area contributed by atoms with Crippen LogP contribution in [0.5, 0.6) is 0 Å². The van der Waals surface area contributed by atoms with E-state index in [9.17, 15) is 13.6 Å². The smallest absolute Gasteiger partial charge is 0.181 e. The second-order valence-corrected chi connectivity index (χ2v) is 6.76. The molecule has 3 heterocycles. The van der Waals surface area contributed by atoms with Crippen LogP contribution in [0.3, 0.4) is 0 Å². The summed E-state index contributed by atoms with van der Waals surface area (Å²) in [5.41, 5.74) is 2.04. The van der Waals surface area contributed by atoms with Gasteiger partial charge in [-0.15, -0.1) is 0 Å². The predicted molar refractivity (Wildman–Crippen MR) is 115 cm³/mol. The molecule has 0 radical (unpaired) electrons. The molecular weight excluding hydrogens is 404 g/mol. The third-order valence-electron chi connectivity index (χ3n) is 4.16. The minimum Gasteiger partial charge on any atom is -0.386 e. The molecule has 0 aliphatic heterocycles. The number of aldehydes is 1. The van der Waals surface area contributed by atoms with E-state index >= 15 is 0 Å². The number of nitrogens with zero attached hydrogens (tertiary/aromatic N) is 4. The molecule has 0 aliphatic rings. The van der Waals surface area contributed by atoms with Crippen molar-refractivity contribution in [3.05, 3.63) is 54.8 Å². The number of halogens is 2. The number of hydrogen-bond acceptors (Lipinski definition) is 7. The molecule has 0 bridgehead atoms. The number of nitrogens with one attached hydrogen (secondary N) is 3. The summed E-state index contributed by atoms with van der Waals surface area (Å²) in [5.74, 6) is -1.01. The van der Waals surface area contributed by atoms with Crippen LogP contribution in [0.15, 0.2) is 43.1 Å². The molecule has 3 N–H and O–H groups in total. The lowest BCUT2D eigenvalue weighted by Gasteiger charge is -2.14. The van der Waals surface area contributed by atoms with Crippen molar-refractivity contribution in [3.63, 3.8) is 0 Å². The summed E-state index contributed by atoms with van der Waals surface area (Å²) in [7, 11) is 1.56. The maximum Gasteiger partial charge on any atom is 0.181 e. The van der Waals surface area contributed by atoms with Crippen LogP contribution in [0.2, 0.25) is 0 Å². The molecular formula is C21H21F2N7O. The Balaban J connectivity index is 0.000000491. The van der Waals surface area contributed by atoms with Crippen molar-refractivity contribution >= 4 is 34.6 Å². The Labute approximate surface area is 177 Å². The highest BCUT2D eigenvalue weighted by Crippen LogP contribution is 2.33. The fraction of sp³-hybridized carbons (Fsp3) is 0.190. The van der Waals surface area contributed by atoms with Gasteiger partial charge in [0.1, 0.15) is 41.1 Å². The minimum atomic E-state index is -0.738. The monoisotopic (exact) mass is 425 g/mol. The van der Waals surface area contributed by atoms with Gasteiger partial charge in [-0.1, -0.05) is 13.8 Å². The average molecular weight is 425 g/mol. The lowest BCUT2D eigenvalue weighted by atomic mass is 10.1. The van der Waals surface area contributed by atoms with E-state index in [2.05, 4.69) is 35.6 Å². The Kier molecular flexibility index (Phi) is 6.81. The van der Waals surface area contributed by atoms with Gasteiger partial charge in [0.05, 0.1) is 12.0 Å². The number of benzene rings is 1. The lowest BCUT2D eigenvalue weighted by molar-refractivity contribution is -0.110. The Bertz CT molecular complexity index is 1190. The van der Waals surface area contributed by atoms with Crippen molar-refractivity contribution in [2.24, 2.45) is 5.92 Å². The number of carbonyl (C=O) groups is 1. The van der Waals surface area contributed by atoms with E-state index in [-0.39, 0.29) is 23.1 Å². The summed E-state index contributed by atoms with van der Waals surface area (Å²) >= 11 is 0. The third kappa shape index (κ3) is 4.80. The van der Waals surface area contributed by atoms with Crippen molar-refractivity contribution in [3.8, 4) is 11.3 Å². The maximum absolute atomic E-state index is 14.5. The summed E-state index contributed by atoms with van der Waals surface area (Å²) in [6, 6.07) is 5.96. The predicted octanol–water partition coefficient (Wildman–Crippen LogP) is 4.32. The maximum atomic E-state index is 14.5. The summed E-state index contributed by atoms with van der Waals surface area (Å²) < 4.78 is 28.7. The van der Waals surface area contributed by atoms with Crippen molar-refractivity contribution < 1.29 is 13.6 Å². The standard InChI is InChI=1S/C17H13F2N7.C4H8O/c1-20-11-5-4-10(18)14(12(11)19)26-16-9(3-2-6-21-16)13-15-17(24-7-22-13)25-8-23-15;1-4(2)3-5/h2-8,20H,1H3,(H,21,26)(H,22,23,24,25);3-4H,1-2H3. The zero-order valence-electron chi connectivity index (χ0n) is 17.1. The molecule has 0 saturated carbocycles. The van der Waals surface area contributed by atoms with Crippen LogP contribution < -0.4 is 10.6 Å². The van der Waals surface area contributed by atoms with E-state index in [1.165, 1.54) is 31.0 Å². The number of hydrogen-bond donors (Lipinski definition) is 3. The van der Waals surface area contributed by atoms with E-state index in [0.29, 0.717) is 22.4 Å². The first-order chi connectivity index (χ1) is 15.0. The quantitative estimate of drug-likeness (QED) is 0.409. The Morgan fingerprint density at radius 2 is 1.87 bits per heavy atom. The van der Waals surface area contributed by atoms with Crippen LogP contribution in [0, 0.1) is 17.6 Å². The second kappa shape index (κ2) is 9.70. The van der Waals surface area contributed by atoms with E-state index in [0.717, 1.165) is 6.29 Å². The highest BCUT2D eigenvalue weighted by molar-refractivity contribution is 5.91. The van der Waals surface area contributed by atoms with Crippen LogP contribution >= 0.6 is 0 Å². The minimum absolute atomic E-state index is 0.171. The van der Waals surface area contributed by atoms with Crippen molar-refractivity contribution in [2.75, 3.05) is 17.7 Å². The third-order valence-corrected chi connectivity index (χ3v) is 4.16. The SMILES string of the molecule is CC(C)C=O.CNc1ccc(F)c(Nc2ncccc2-c2ncnc3nc[nH]c23)c1F. The van der Waals surface area contributed by atoms with Gasteiger partial charge in [0.15, 0.2) is 11.5 Å². The van der Waals surface area contributed by atoms with Gasteiger partial charge in [-0.25, -0.2) is 28.7 Å². The topological polar surface area (TPSA) is 108 Å². The van der Waals surface area contributed by atoms with Crippen LogP contribution in [0.25, 0.3) is 22.4 Å². The molecule has 4 aromatic rings. The van der Waals surface area contributed by atoms with Gasteiger partial charge in [0, 0.05) is 24.7 Å². The normalized spacial score (nSPS) is 10.5. The fourth-order valence-electron chi connectivity index (χ4n) is 2.64. The van der Waals surface area contributed by atoms with Gasteiger partial charge >= 0.3 is 0 Å². The molecule has 1 aromatic carbocycles. The average Bonchev–Trinajstić information content (AvgIpc) is 3.26. The van der Waals surface area contributed by atoms with E-state index in [4.69, 9.17) is 0 Å².